The van der Waals surface area contributed by atoms with Crippen LogP contribution < -0.4 is 15.0 Å². The Morgan fingerprint density at radius 3 is 2.34 bits per heavy atom. The summed E-state index contributed by atoms with van der Waals surface area (Å²) in [7, 11) is 0. The predicted octanol–water partition coefficient (Wildman–Crippen LogP) is 8.18. The van der Waals surface area contributed by atoms with Gasteiger partial charge in [-0.1, -0.05) is 57.2 Å². The van der Waals surface area contributed by atoms with E-state index in [-0.39, 0.29) is 5.97 Å². The Bertz CT molecular complexity index is 1310. The SMILES string of the molecule is CCCCCCCCNc1cc2c(cc1C)Oc1cc(N(CC)CC)ccc1C21OC(=O)c2ccccc21. The van der Waals surface area contributed by atoms with Crippen LogP contribution in [0.25, 0.3) is 0 Å². The molecule has 1 unspecified atom stereocenters. The van der Waals surface area contributed by atoms with Gasteiger partial charge in [-0.3, -0.25) is 0 Å². The second-order valence-corrected chi connectivity index (χ2v) is 10.4. The lowest BCUT2D eigenvalue weighted by molar-refractivity contribution is 0.0224. The number of hydrogen-bond donors (Lipinski definition) is 1. The maximum absolute atomic E-state index is 13.2. The average Bonchev–Trinajstić information content (AvgIpc) is 3.22. The molecule has 1 atom stereocenters. The summed E-state index contributed by atoms with van der Waals surface area (Å²) in [4.78, 5) is 15.5. The molecular weight excluding hydrogens is 472 g/mol. The van der Waals surface area contributed by atoms with E-state index in [0.29, 0.717) is 5.56 Å². The third-order valence-corrected chi connectivity index (χ3v) is 8.02. The fourth-order valence-corrected chi connectivity index (χ4v) is 5.91. The van der Waals surface area contributed by atoms with Crippen LogP contribution in [0.5, 0.6) is 11.5 Å². The Labute approximate surface area is 227 Å². The van der Waals surface area contributed by atoms with Crippen molar-refractivity contribution in [1.82, 2.24) is 0 Å². The van der Waals surface area contributed by atoms with Crippen molar-refractivity contribution < 1.29 is 14.3 Å². The number of carbonyl (C=O) groups is 1. The molecule has 2 aliphatic rings. The van der Waals surface area contributed by atoms with Gasteiger partial charge in [-0.05, 0) is 63.1 Å². The molecule has 38 heavy (non-hydrogen) atoms. The Kier molecular flexibility index (Phi) is 7.64. The number of ether oxygens (including phenoxy) is 2. The van der Waals surface area contributed by atoms with E-state index >= 15 is 0 Å². The van der Waals surface area contributed by atoms with E-state index in [9.17, 15) is 4.79 Å². The number of carbonyl (C=O) groups excluding carboxylic acids is 1. The predicted molar refractivity (Wildman–Crippen MR) is 155 cm³/mol. The highest BCUT2D eigenvalue weighted by atomic mass is 16.6. The summed E-state index contributed by atoms with van der Waals surface area (Å²) in [6.07, 6.45) is 7.55. The molecule has 5 rings (SSSR count). The summed E-state index contributed by atoms with van der Waals surface area (Å²) in [6.45, 7) is 11.4. The lowest BCUT2D eigenvalue weighted by atomic mass is 9.77. The molecular formula is C33H40N2O3. The van der Waals surface area contributed by atoms with Gasteiger partial charge in [-0.2, -0.15) is 0 Å². The quantitative estimate of drug-likeness (QED) is 0.207. The molecule has 0 fully saturated rings. The van der Waals surface area contributed by atoms with Crippen LogP contribution in [0.1, 0.15) is 91.9 Å². The molecule has 5 nitrogen and oxygen atoms in total. The van der Waals surface area contributed by atoms with Crippen LogP contribution in [-0.4, -0.2) is 25.6 Å². The van der Waals surface area contributed by atoms with E-state index in [2.05, 4.69) is 68.2 Å². The summed E-state index contributed by atoms with van der Waals surface area (Å²) in [5.41, 5.74) is 5.45. The molecule has 0 saturated heterocycles. The van der Waals surface area contributed by atoms with Crippen molar-refractivity contribution in [3.05, 3.63) is 82.4 Å². The van der Waals surface area contributed by atoms with E-state index < -0.39 is 5.60 Å². The Balaban J connectivity index is 1.55. The van der Waals surface area contributed by atoms with Crippen LogP contribution in [0.4, 0.5) is 11.4 Å². The van der Waals surface area contributed by atoms with Crippen molar-refractivity contribution in [2.75, 3.05) is 29.9 Å². The van der Waals surface area contributed by atoms with E-state index in [1.807, 2.05) is 24.3 Å². The molecule has 5 heteroatoms. The van der Waals surface area contributed by atoms with Gasteiger partial charge in [-0.25, -0.2) is 4.79 Å². The second-order valence-electron chi connectivity index (χ2n) is 10.4. The summed E-state index contributed by atoms with van der Waals surface area (Å²) >= 11 is 0. The first-order valence-corrected chi connectivity index (χ1v) is 14.3. The van der Waals surface area contributed by atoms with Crippen molar-refractivity contribution in [3.8, 4) is 11.5 Å². The Hall–Kier alpha value is -3.47. The minimum Gasteiger partial charge on any atom is -0.456 e. The number of nitrogens with zero attached hydrogens (tertiary/aromatic N) is 1. The van der Waals surface area contributed by atoms with E-state index in [4.69, 9.17) is 9.47 Å². The van der Waals surface area contributed by atoms with Gasteiger partial charge in [0.05, 0.1) is 5.56 Å². The molecule has 1 N–H and O–H groups in total. The molecule has 2 heterocycles. The fraction of sp³-hybridized carbons (Fsp3) is 0.424. The number of nitrogens with one attached hydrogen (secondary N) is 1. The first-order valence-electron chi connectivity index (χ1n) is 14.3. The number of anilines is 2. The monoisotopic (exact) mass is 512 g/mol. The normalized spacial score (nSPS) is 16.9. The zero-order chi connectivity index (χ0) is 26.7. The summed E-state index contributed by atoms with van der Waals surface area (Å²) < 4.78 is 12.9. The number of fused-ring (bicyclic) bond motifs is 6. The van der Waals surface area contributed by atoms with Gasteiger partial charge >= 0.3 is 5.97 Å². The minimum absolute atomic E-state index is 0.297. The first-order chi connectivity index (χ1) is 18.5. The molecule has 0 amide bonds. The highest BCUT2D eigenvalue weighted by Gasteiger charge is 2.53. The third kappa shape index (κ3) is 4.53. The lowest BCUT2D eigenvalue weighted by Crippen LogP contribution is -2.33. The largest absolute Gasteiger partial charge is 0.456 e. The van der Waals surface area contributed by atoms with Crippen LogP contribution >= 0.6 is 0 Å². The van der Waals surface area contributed by atoms with Gasteiger partial charge in [0.1, 0.15) is 11.5 Å². The third-order valence-electron chi connectivity index (χ3n) is 8.02. The van der Waals surface area contributed by atoms with E-state index in [0.717, 1.165) is 71.2 Å². The molecule has 3 aromatic carbocycles. The maximum atomic E-state index is 13.2. The lowest BCUT2D eigenvalue weighted by Gasteiger charge is -2.37. The molecule has 0 aliphatic carbocycles. The van der Waals surface area contributed by atoms with Crippen molar-refractivity contribution in [2.45, 2.75) is 71.8 Å². The van der Waals surface area contributed by atoms with Gasteiger partial charge in [0.2, 0.25) is 0 Å². The maximum Gasteiger partial charge on any atom is 0.340 e. The first kappa shape index (κ1) is 26.1. The Morgan fingerprint density at radius 1 is 0.816 bits per heavy atom. The second kappa shape index (κ2) is 11.1. The number of hydrogen-bond acceptors (Lipinski definition) is 5. The number of rotatable bonds is 11. The van der Waals surface area contributed by atoms with Crippen molar-refractivity contribution in [1.29, 1.82) is 0 Å². The van der Waals surface area contributed by atoms with Crippen LogP contribution in [-0.2, 0) is 10.3 Å². The van der Waals surface area contributed by atoms with Gasteiger partial charge < -0.3 is 19.7 Å². The van der Waals surface area contributed by atoms with Gasteiger partial charge in [-0.15, -0.1) is 0 Å². The topological polar surface area (TPSA) is 50.8 Å². The molecule has 1 spiro atoms. The van der Waals surface area contributed by atoms with Crippen molar-refractivity contribution >= 4 is 17.3 Å². The highest BCUT2D eigenvalue weighted by molar-refractivity contribution is 5.97. The molecule has 0 bridgehead atoms. The summed E-state index contributed by atoms with van der Waals surface area (Å²) in [5, 5.41) is 3.66. The van der Waals surface area contributed by atoms with Gasteiger partial charge in [0, 0.05) is 53.8 Å². The molecule has 3 aromatic rings. The van der Waals surface area contributed by atoms with Crippen LogP contribution in [0, 0.1) is 6.92 Å². The number of unbranched alkanes of at least 4 members (excludes halogenated alkanes) is 5. The summed E-state index contributed by atoms with van der Waals surface area (Å²) in [5.74, 6) is 1.18. The molecule has 2 aliphatic heterocycles. The smallest absolute Gasteiger partial charge is 0.340 e. The standard InChI is InChI=1S/C33H40N2O3/c1-5-8-9-10-11-14-19-34-29-22-28-30(20-23(29)4)37-31-21-24(35(6-2)7-3)17-18-27(31)33(28)26-16-13-12-15-25(26)32(36)38-33/h12-13,15-18,20-22,34H,5-11,14,19H2,1-4H3. The summed E-state index contributed by atoms with van der Waals surface area (Å²) in [6, 6.07) is 18.2. The van der Waals surface area contributed by atoms with Crippen LogP contribution in [0.15, 0.2) is 54.6 Å². The Morgan fingerprint density at radius 2 is 1.55 bits per heavy atom. The minimum atomic E-state index is -1.04. The van der Waals surface area contributed by atoms with Gasteiger partial charge in [0.25, 0.3) is 0 Å². The van der Waals surface area contributed by atoms with Crippen molar-refractivity contribution in [2.24, 2.45) is 0 Å². The van der Waals surface area contributed by atoms with Gasteiger partial charge in [0.15, 0.2) is 5.60 Å². The van der Waals surface area contributed by atoms with E-state index in [1.165, 1.54) is 32.1 Å². The number of benzene rings is 3. The number of aryl methyl sites for hydroxylation is 1. The number of esters is 1. The average molecular weight is 513 g/mol. The molecule has 0 radical (unpaired) electrons. The zero-order valence-corrected chi connectivity index (χ0v) is 23.2. The fourth-order valence-electron chi connectivity index (χ4n) is 5.91. The van der Waals surface area contributed by atoms with Crippen LogP contribution in [0.3, 0.4) is 0 Å². The molecule has 0 aromatic heterocycles. The molecule has 200 valence electrons. The highest BCUT2D eigenvalue weighted by Crippen LogP contribution is 2.57. The zero-order valence-electron chi connectivity index (χ0n) is 23.2. The molecule has 0 saturated carbocycles. The van der Waals surface area contributed by atoms with Crippen LogP contribution in [0.2, 0.25) is 0 Å². The van der Waals surface area contributed by atoms with Crippen molar-refractivity contribution in [3.63, 3.8) is 0 Å². The van der Waals surface area contributed by atoms with E-state index in [1.54, 1.807) is 0 Å².